The molecule has 9 heteroatoms. The largest absolute Gasteiger partial charge is 0.463 e. The Kier molecular flexibility index (Phi) is 7.33. The second-order valence-corrected chi connectivity index (χ2v) is 4.36. The van der Waals surface area contributed by atoms with Crippen molar-refractivity contribution in [2.45, 2.75) is 33.4 Å². The highest BCUT2D eigenvalue weighted by Crippen LogP contribution is 2.23. The van der Waals surface area contributed by atoms with Gasteiger partial charge in [0.1, 0.15) is 0 Å². The zero-order chi connectivity index (χ0) is 17.4. The number of carbonyl (C=O) groups excluding carboxylic acids is 3. The summed E-state index contributed by atoms with van der Waals surface area (Å²) in [6.07, 6.45) is -1.60. The third kappa shape index (κ3) is 4.59. The van der Waals surface area contributed by atoms with Crippen molar-refractivity contribution in [1.82, 2.24) is 10.4 Å². The summed E-state index contributed by atoms with van der Waals surface area (Å²) >= 11 is 0. The average molecular weight is 330 g/mol. The Bertz CT molecular complexity index is 490. The minimum Gasteiger partial charge on any atom is -0.463 e. The molecule has 0 aromatic heterocycles. The molecular weight excluding hydrogens is 308 g/mol. The van der Waals surface area contributed by atoms with Gasteiger partial charge in [0, 0.05) is 13.0 Å². The fourth-order valence-electron chi connectivity index (χ4n) is 1.99. The molecule has 0 saturated carbocycles. The highest BCUT2D eigenvalue weighted by atomic mass is 16.6. The number of nitrogens with one attached hydrogen (secondary N) is 1. The maximum Gasteiger partial charge on any atom is 0.430 e. The van der Waals surface area contributed by atoms with E-state index in [9.17, 15) is 14.4 Å². The van der Waals surface area contributed by atoms with Crippen LogP contribution >= 0.6 is 0 Å². The molecule has 1 aliphatic heterocycles. The monoisotopic (exact) mass is 330 g/mol. The third-order valence-electron chi connectivity index (χ3n) is 2.93. The van der Waals surface area contributed by atoms with Crippen LogP contribution in [-0.4, -0.2) is 56.2 Å². The number of methoxy groups -OCH3 is 1. The molecule has 1 heterocycles. The van der Waals surface area contributed by atoms with E-state index in [4.69, 9.17) is 14.2 Å². The first-order valence-electron chi connectivity index (χ1n) is 7.32. The molecule has 23 heavy (non-hydrogen) atoms. The van der Waals surface area contributed by atoms with Gasteiger partial charge < -0.3 is 18.9 Å². The van der Waals surface area contributed by atoms with Gasteiger partial charge in [-0.3, -0.25) is 5.43 Å². The summed E-state index contributed by atoms with van der Waals surface area (Å²) in [5, 5.41) is 0.998. The van der Waals surface area contributed by atoms with Gasteiger partial charge in [0.25, 0.3) is 0 Å². The smallest absolute Gasteiger partial charge is 0.430 e. The molecule has 0 aliphatic carbocycles. The predicted octanol–water partition coefficient (Wildman–Crippen LogP) is 0.706. The summed E-state index contributed by atoms with van der Waals surface area (Å²) in [7, 11) is 1.20. The third-order valence-corrected chi connectivity index (χ3v) is 2.93. The van der Waals surface area contributed by atoms with Crippen molar-refractivity contribution in [1.29, 1.82) is 0 Å². The van der Waals surface area contributed by atoms with E-state index in [1.54, 1.807) is 20.8 Å². The van der Waals surface area contributed by atoms with Crippen LogP contribution in [0.1, 0.15) is 27.2 Å². The number of esters is 2. The second kappa shape index (κ2) is 8.99. The lowest BCUT2D eigenvalue weighted by Crippen LogP contribution is -2.55. The van der Waals surface area contributed by atoms with Gasteiger partial charge in [0.2, 0.25) is 0 Å². The molecule has 0 aromatic carbocycles. The molecule has 130 valence electrons. The van der Waals surface area contributed by atoms with Gasteiger partial charge in [-0.05, 0) is 20.8 Å². The van der Waals surface area contributed by atoms with E-state index >= 15 is 0 Å². The zero-order valence-corrected chi connectivity index (χ0v) is 13.7. The molecule has 1 unspecified atom stereocenters. The van der Waals surface area contributed by atoms with Crippen LogP contribution in [0.4, 0.5) is 4.79 Å². The Labute approximate surface area is 134 Å². The van der Waals surface area contributed by atoms with Crippen LogP contribution in [0.15, 0.2) is 11.3 Å². The Hall–Kier alpha value is -2.29. The van der Waals surface area contributed by atoms with Crippen LogP contribution in [0.3, 0.4) is 0 Å². The molecule has 9 nitrogen and oxygen atoms in total. The molecular formula is C14H22N2O7. The lowest BCUT2D eigenvalue weighted by atomic mass is 10.1. The summed E-state index contributed by atoms with van der Waals surface area (Å²) in [4.78, 5) is 36.0. The standard InChI is InChI=1S/C14H22N2O7/c1-5-21-10-8-9(12(17)22-6-2)11(13(18)23-7-3)15-16(10)14(19)20-4/h10,15H,5-8H2,1-4H3. The summed E-state index contributed by atoms with van der Waals surface area (Å²) in [5.41, 5.74) is 2.45. The lowest BCUT2D eigenvalue weighted by Gasteiger charge is -2.35. The van der Waals surface area contributed by atoms with E-state index in [1.165, 1.54) is 7.11 Å². The maximum atomic E-state index is 12.1. The Morgan fingerprint density at radius 2 is 1.70 bits per heavy atom. The van der Waals surface area contributed by atoms with Crippen LogP contribution in [0.25, 0.3) is 0 Å². The fraction of sp³-hybridized carbons (Fsp3) is 0.643. The van der Waals surface area contributed by atoms with E-state index in [2.05, 4.69) is 10.2 Å². The number of nitrogens with zero attached hydrogens (tertiary/aromatic N) is 1. The van der Waals surface area contributed by atoms with Crippen molar-refractivity contribution in [3.05, 3.63) is 11.3 Å². The quantitative estimate of drug-likeness (QED) is 0.561. The van der Waals surface area contributed by atoms with Crippen molar-refractivity contribution in [2.75, 3.05) is 26.9 Å². The minimum atomic E-state index is -0.815. The Morgan fingerprint density at radius 1 is 1.09 bits per heavy atom. The normalized spacial score (nSPS) is 17.4. The number of hydrogen-bond donors (Lipinski definition) is 1. The average Bonchev–Trinajstić information content (AvgIpc) is 2.54. The fourth-order valence-corrected chi connectivity index (χ4v) is 1.99. The molecule has 1 aliphatic rings. The number of hydrogen-bond acceptors (Lipinski definition) is 8. The van der Waals surface area contributed by atoms with E-state index in [1.807, 2.05) is 0 Å². The SMILES string of the molecule is CCOC(=O)C1=C(C(=O)OCC)NN(C(=O)OC)C(OCC)C1. The highest BCUT2D eigenvalue weighted by Gasteiger charge is 2.38. The first-order valence-corrected chi connectivity index (χ1v) is 7.32. The number of carbonyl (C=O) groups is 3. The number of ether oxygens (including phenoxy) is 4. The van der Waals surface area contributed by atoms with Crippen molar-refractivity contribution in [3.63, 3.8) is 0 Å². The van der Waals surface area contributed by atoms with Gasteiger partial charge in [-0.1, -0.05) is 0 Å². The summed E-state index contributed by atoms with van der Waals surface area (Å²) in [5.74, 6) is -1.43. The Balaban J connectivity index is 3.21. The van der Waals surface area contributed by atoms with Crippen molar-refractivity contribution >= 4 is 18.0 Å². The molecule has 0 aromatic rings. The lowest BCUT2D eigenvalue weighted by molar-refractivity contribution is -0.146. The Morgan fingerprint density at radius 3 is 2.22 bits per heavy atom. The van der Waals surface area contributed by atoms with Crippen LogP contribution < -0.4 is 5.43 Å². The van der Waals surface area contributed by atoms with Gasteiger partial charge in [-0.15, -0.1) is 0 Å². The van der Waals surface area contributed by atoms with Crippen LogP contribution in [-0.2, 0) is 28.5 Å². The molecule has 1 rings (SSSR count). The zero-order valence-electron chi connectivity index (χ0n) is 13.7. The van der Waals surface area contributed by atoms with Crippen molar-refractivity contribution in [2.24, 2.45) is 0 Å². The van der Waals surface area contributed by atoms with Gasteiger partial charge in [0.15, 0.2) is 11.9 Å². The maximum absolute atomic E-state index is 12.1. The second-order valence-electron chi connectivity index (χ2n) is 4.36. The van der Waals surface area contributed by atoms with Crippen LogP contribution in [0, 0.1) is 0 Å². The van der Waals surface area contributed by atoms with Gasteiger partial charge >= 0.3 is 18.0 Å². The number of hydrazine groups is 1. The van der Waals surface area contributed by atoms with Gasteiger partial charge in [-0.25, -0.2) is 14.4 Å². The summed E-state index contributed by atoms with van der Waals surface area (Å²) in [6.45, 7) is 5.59. The molecule has 0 saturated heterocycles. The summed E-state index contributed by atoms with van der Waals surface area (Å²) in [6, 6.07) is 0. The first-order chi connectivity index (χ1) is 11.0. The van der Waals surface area contributed by atoms with Gasteiger partial charge in [-0.2, -0.15) is 5.01 Å². The van der Waals surface area contributed by atoms with Crippen molar-refractivity contribution < 1.29 is 33.3 Å². The van der Waals surface area contributed by atoms with Crippen LogP contribution in [0.2, 0.25) is 0 Å². The number of rotatable bonds is 6. The molecule has 1 amide bonds. The molecule has 1 N–H and O–H groups in total. The molecule has 1 atom stereocenters. The highest BCUT2D eigenvalue weighted by molar-refractivity contribution is 6.00. The summed E-state index contributed by atoms with van der Waals surface area (Å²) < 4.78 is 19.9. The molecule has 0 radical (unpaired) electrons. The van der Waals surface area contributed by atoms with E-state index in [-0.39, 0.29) is 30.9 Å². The van der Waals surface area contributed by atoms with E-state index < -0.39 is 24.3 Å². The van der Waals surface area contributed by atoms with E-state index in [0.717, 1.165) is 5.01 Å². The van der Waals surface area contributed by atoms with E-state index in [0.29, 0.717) is 6.61 Å². The predicted molar refractivity (Wildman–Crippen MR) is 77.7 cm³/mol. The molecule has 0 fully saturated rings. The first kappa shape index (κ1) is 18.8. The molecule has 0 bridgehead atoms. The minimum absolute atomic E-state index is 0.0249. The van der Waals surface area contributed by atoms with Gasteiger partial charge in [0.05, 0.1) is 25.9 Å². The number of amides is 1. The van der Waals surface area contributed by atoms with Crippen molar-refractivity contribution in [3.8, 4) is 0 Å². The molecule has 0 spiro atoms. The van der Waals surface area contributed by atoms with Crippen LogP contribution in [0.5, 0.6) is 0 Å². The topological polar surface area (TPSA) is 103 Å².